The standard InChI is InChI=1S/C26H29ClN6O2S2/c1-3-16-12-17(13-18-14-29-25(32-23(16)18)31-20-10-8-19(28)9-11-20)24-15(2)30-26(36-24)33-37(34,35)22-7-5-4-6-21(22)27/h4-7,12-14,19-20H,3,8-11,28H2,1-2H3,(H,30,33)(H,29,31,32)/t19-,20-. The van der Waals surface area contributed by atoms with Crippen molar-refractivity contribution in [2.75, 3.05) is 10.0 Å². The van der Waals surface area contributed by atoms with Crippen LogP contribution in [0.1, 0.15) is 43.9 Å². The van der Waals surface area contributed by atoms with Crippen molar-refractivity contribution in [3.8, 4) is 10.4 Å². The van der Waals surface area contributed by atoms with Crippen molar-refractivity contribution in [1.29, 1.82) is 0 Å². The molecule has 2 aromatic heterocycles. The van der Waals surface area contributed by atoms with Crippen LogP contribution in [0.2, 0.25) is 5.02 Å². The molecule has 0 unspecified atom stereocenters. The highest BCUT2D eigenvalue weighted by atomic mass is 35.5. The highest BCUT2D eigenvalue weighted by molar-refractivity contribution is 7.93. The van der Waals surface area contributed by atoms with Gasteiger partial charge in [-0.15, -0.1) is 0 Å². The lowest BCUT2D eigenvalue weighted by molar-refractivity contribution is 0.410. The SMILES string of the molecule is CCc1cc(-c2sc(NS(=O)(=O)c3ccccc3Cl)nc2C)cc2cnc(N[C@H]3CC[C@H](N)CC3)nc12. The predicted octanol–water partition coefficient (Wildman–Crippen LogP) is 5.76. The molecule has 1 saturated carbocycles. The summed E-state index contributed by atoms with van der Waals surface area (Å²) in [6, 6.07) is 11.1. The van der Waals surface area contributed by atoms with Crippen molar-refractivity contribution < 1.29 is 8.42 Å². The van der Waals surface area contributed by atoms with Crippen LogP contribution in [0, 0.1) is 6.92 Å². The molecule has 11 heteroatoms. The molecule has 0 saturated heterocycles. The van der Waals surface area contributed by atoms with Gasteiger partial charge in [0.1, 0.15) is 4.90 Å². The number of nitrogens with zero attached hydrogens (tertiary/aromatic N) is 3. The maximum atomic E-state index is 12.9. The van der Waals surface area contributed by atoms with E-state index in [-0.39, 0.29) is 15.0 Å². The second kappa shape index (κ2) is 10.5. The van der Waals surface area contributed by atoms with Gasteiger partial charge in [-0.3, -0.25) is 4.72 Å². The zero-order chi connectivity index (χ0) is 26.2. The fourth-order valence-electron chi connectivity index (χ4n) is 4.68. The number of fused-ring (bicyclic) bond motifs is 1. The van der Waals surface area contributed by atoms with E-state index in [0.29, 0.717) is 18.0 Å². The largest absolute Gasteiger partial charge is 0.351 e. The molecule has 4 aromatic rings. The second-order valence-corrected chi connectivity index (χ2v) is 12.4. The smallest absolute Gasteiger partial charge is 0.265 e. The van der Waals surface area contributed by atoms with E-state index >= 15 is 0 Å². The Bertz CT molecular complexity index is 1550. The Kier molecular flexibility index (Phi) is 7.35. The van der Waals surface area contributed by atoms with Crippen LogP contribution in [0.5, 0.6) is 0 Å². The van der Waals surface area contributed by atoms with Gasteiger partial charge in [-0.05, 0) is 74.4 Å². The summed E-state index contributed by atoms with van der Waals surface area (Å²) < 4.78 is 28.4. The predicted molar refractivity (Wildman–Crippen MR) is 151 cm³/mol. The summed E-state index contributed by atoms with van der Waals surface area (Å²) in [4.78, 5) is 14.8. The molecule has 0 radical (unpaired) electrons. The maximum Gasteiger partial charge on any atom is 0.265 e. The van der Waals surface area contributed by atoms with Crippen LogP contribution in [0.15, 0.2) is 47.5 Å². The molecule has 8 nitrogen and oxygen atoms in total. The number of thiazole rings is 1. The van der Waals surface area contributed by atoms with Gasteiger partial charge >= 0.3 is 0 Å². The first-order valence-electron chi connectivity index (χ1n) is 12.3. The van der Waals surface area contributed by atoms with E-state index in [2.05, 4.69) is 33.0 Å². The van der Waals surface area contributed by atoms with Crippen molar-refractivity contribution in [2.24, 2.45) is 5.73 Å². The summed E-state index contributed by atoms with van der Waals surface area (Å²) in [6.45, 7) is 3.97. The number of nitrogens with two attached hydrogens (primary N) is 1. The molecule has 1 aliphatic rings. The number of aryl methyl sites for hydroxylation is 2. The first kappa shape index (κ1) is 25.8. The van der Waals surface area contributed by atoms with Gasteiger partial charge in [0.25, 0.3) is 10.0 Å². The van der Waals surface area contributed by atoms with Crippen LogP contribution >= 0.6 is 22.9 Å². The van der Waals surface area contributed by atoms with E-state index in [1.807, 2.05) is 19.2 Å². The molecule has 37 heavy (non-hydrogen) atoms. The van der Waals surface area contributed by atoms with Crippen LogP contribution in [0.4, 0.5) is 11.1 Å². The van der Waals surface area contributed by atoms with Crippen LogP contribution in [-0.4, -0.2) is 35.5 Å². The molecule has 194 valence electrons. The van der Waals surface area contributed by atoms with Gasteiger partial charge in [0.05, 0.1) is 21.1 Å². The average molecular weight is 557 g/mol. The molecule has 2 heterocycles. The molecular weight excluding hydrogens is 528 g/mol. The summed E-state index contributed by atoms with van der Waals surface area (Å²) in [5.41, 5.74) is 9.73. The highest BCUT2D eigenvalue weighted by Gasteiger charge is 2.22. The van der Waals surface area contributed by atoms with Crippen LogP contribution < -0.4 is 15.8 Å². The molecule has 5 rings (SSSR count). The number of hydrogen-bond acceptors (Lipinski definition) is 8. The van der Waals surface area contributed by atoms with Crippen molar-refractivity contribution in [1.82, 2.24) is 15.0 Å². The Morgan fingerprint density at radius 2 is 1.89 bits per heavy atom. The van der Waals surface area contributed by atoms with E-state index in [0.717, 1.165) is 64.7 Å². The number of hydrogen-bond donors (Lipinski definition) is 3. The summed E-state index contributed by atoms with van der Waals surface area (Å²) in [5, 5.41) is 4.85. The monoisotopic (exact) mass is 556 g/mol. The van der Waals surface area contributed by atoms with Gasteiger partial charge in [0.2, 0.25) is 5.95 Å². The quantitative estimate of drug-likeness (QED) is 0.264. The normalized spacial score (nSPS) is 18.2. The first-order valence-corrected chi connectivity index (χ1v) is 15.0. The van der Waals surface area contributed by atoms with Crippen molar-refractivity contribution in [2.45, 2.75) is 62.9 Å². The van der Waals surface area contributed by atoms with Crippen LogP contribution in [0.25, 0.3) is 21.3 Å². The van der Waals surface area contributed by atoms with Gasteiger partial charge in [-0.1, -0.05) is 42.0 Å². The fraction of sp³-hybridized carbons (Fsp3) is 0.346. The van der Waals surface area contributed by atoms with Crippen LogP contribution in [0.3, 0.4) is 0 Å². The highest BCUT2D eigenvalue weighted by Crippen LogP contribution is 2.37. The van der Waals surface area contributed by atoms with Gasteiger partial charge in [-0.25, -0.2) is 23.4 Å². The number of sulfonamides is 1. The number of benzene rings is 2. The van der Waals surface area contributed by atoms with Gasteiger partial charge < -0.3 is 11.1 Å². The van der Waals surface area contributed by atoms with E-state index < -0.39 is 10.0 Å². The topological polar surface area (TPSA) is 123 Å². The van der Waals surface area contributed by atoms with Crippen molar-refractivity contribution in [3.63, 3.8) is 0 Å². The molecule has 2 aromatic carbocycles. The molecule has 0 aliphatic heterocycles. The molecule has 4 N–H and O–H groups in total. The Morgan fingerprint density at radius 1 is 1.14 bits per heavy atom. The number of halogens is 1. The number of nitrogens with one attached hydrogen (secondary N) is 2. The van der Waals surface area contributed by atoms with E-state index in [1.54, 1.807) is 18.2 Å². The van der Waals surface area contributed by atoms with Crippen molar-refractivity contribution in [3.05, 3.63) is 58.9 Å². The molecule has 1 aliphatic carbocycles. The zero-order valence-electron chi connectivity index (χ0n) is 20.7. The molecule has 0 atom stereocenters. The third-order valence-electron chi connectivity index (χ3n) is 6.65. The lowest BCUT2D eigenvalue weighted by Crippen LogP contribution is -2.33. The number of rotatable bonds is 7. The third-order valence-corrected chi connectivity index (χ3v) is 9.74. The lowest BCUT2D eigenvalue weighted by Gasteiger charge is -2.26. The summed E-state index contributed by atoms with van der Waals surface area (Å²) in [6.07, 6.45) is 6.71. The zero-order valence-corrected chi connectivity index (χ0v) is 23.1. The van der Waals surface area contributed by atoms with E-state index in [9.17, 15) is 8.42 Å². The van der Waals surface area contributed by atoms with E-state index in [4.69, 9.17) is 22.3 Å². The Labute approximate surface area is 225 Å². The average Bonchev–Trinajstić information content (AvgIpc) is 3.24. The maximum absolute atomic E-state index is 12.9. The summed E-state index contributed by atoms with van der Waals surface area (Å²) in [7, 11) is -3.87. The van der Waals surface area contributed by atoms with Crippen molar-refractivity contribution >= 4 is 54.9 Å². The molecule has 0 amide bonds. The second-order valence-electron chi connectivity index (χ2n) is 9.35. The lowest BCUT2D eigenvalue weighted by atomic mass is 9.92. The Hall–Kier alpha value is -2.79. The molecular formula is C26H29ClN6O2S2. The van der Waals surface area contributed by atoms with Gasteiger partial charge in [0, 0.05) is 23.7 Å². The van der Waals surface area contributed by atoms with Gasteiger partial charge in [-0.2, -0.15) is 0 Å². The minimum atomic E-state index is -3.87. The minimum absolute atomic E-state index is 0.0164. The summed E-state index contributed by atoms with van der Waals surface area (Å²) >= 11 is 7.40. The minimum Gasteiger partial charge on any atom is -0.351 e. The van der Waals surface area contributed by atoms with E-state index in [1.165, 1.54) is 17.4 Å². The first-order chi connectivity index (χ1) is 17.7. The number of aromatic nitrogens is 3. The molecule has 0 bridgehead atoms. The summed E-state index contributed by atoms with van der Waals surface area (Å²) in [5.74, 6) is 0.639. The third kappa shape index (κ3) is 5.57. The molecule has 1 fully saturated rings. The fourth-order valence-corrected chi connectivity index (χ4v) is 7.39. The molecule has 0 spiro atoms. The van der Waals surface area contributed by atoms with Gasteiger partial charge in [0.15, 0.2) is 5.13 Å². The number of anilines is 2. The van der Waals surface area contributed by atoms with Crippen LogP contribution in [-0.2, 0) is 16.4 Å². The Balaban J connectivity index is 1.43. The Morgan fingerprint density at radius 3 is 2.62 bits per heavy atom.